The number of aryl methyl sites for hydroxylation is 1. The van der Waals surface area contributed by atoms with Gasteiger partial charge in [0.2, 0.25) is 0 Å². The van der Waals surface area contributed by atoms with Gasteiger partial charge in [0.05, 0.1) is 5.69 Å². The van der Waals surface area contributed by atoms with Crippen molar-refractivity contribution < 1.29 is 4.52 Å². The molecule has 0 amide bonds. The van der Waals surface area contributed by atoms with Crippen molar-refractivity contribution >= 4 is 11.6 Å². The molecule has 2 aromatic rings. The van der Waals surface area contributed by atoms with Crippen molar-refractivity contribution in [2.45, 2.75) is 6.92 Å². The van der Waals surface area contributed by atoms with E-state index >= 15 is 0 Å². The molecule has 0 aliphatic carbocycles. The molecule has 66 valence electrons. The van der Waals surface area contributed by atoms with Gasteiger partial charge < -0.3 is 4.52 Å². The highest BCUT2D eigenvalue weighted by Crippen LogP contribution is 2.14. The Labute approximate surface area is 78.7 Å². The third kappa shape index (κ3) is 1.65. The largest absolute Gasteiger partial charge is 0.331 e. The van der Waals surface area contributed by atoms with Gasteiger partial charge >= 0.3 is 0 Å². The summed E-state index contributed by atoms with van der Waals surface area (Å²) >= 11 is 5.48. The zero-order valence-electron chi connectivity index (χ0n) is 6.73. The van der Waals surface area contributed by atoms with Gasteiger partial charge in [-0.15, -0.1) is 5.10 Å². The summed E-state index contributed by atoms with van der Waals surface area (Å²) < 4.78 is 4.79. The summed E-state index contributed by atoms with van der Waals surface area (Å²) in [5, 5.41) is 11.2. The van der Waals surface area contributed by atoms with Crippen LogP contribution in [0.15, 0.2) is 16.7 Å². The Hall–Kier alpha value is -1.49. The summed E-state index contributed by atoms with van der Waals surface area (Å²) in [6, 6.07) is 3.55. The molecule has 0 radical (unpaired) electrons. The minimum Gasteiger partial charge on any atom is -0.331 e. The second-order valence-corrected chi connectivity index (χ2v) is 2.77. The molecular weight excluding hydrogens is 192 g/mol. The van der Waals surface area contributed by atoms with Gasteiger partial charge in [-0.05, 0) is 35.8 Å². The van der Waals surface area contributed by atoms with Crippen LogP contribution in [0, 0.1) is 6.92 Å². The number of nitrogens with zero attached hydrogens (tertiary/aromatic N) is 4. The van der Waals surface area contributed by atoms with Crippen LogP contribution in [0.2, 0.25) is 5.28 Å². The summed E-state index contributed by atoms with van der Waals surface area (Å²) in [4.78, 5) is 3.80. The molecule has 0 unspecified atom stereocenters. The maximum atomic E-state index is 5.48. The highest BCUT2D eigenvalue weighted by molar-refractivity contribution is 6.28. The molecule has 13 heavy (non-hydrogen) atoms. The first-order valence-electron chi connectivity index (χ1n) is 3.55. The monoisotopic (exact) mass is 196 g/mol. The SMILES string of the molecule is Cc1ccc(-c2nc(Cl)no2)nn1. The van der Waals surface area contributed by atoms with Gasteiger partial charge in [-0.1, -0.05) is 0 Å². The first kappa shape index (κ1) is 8.12. The van der Waals surface area contributed by atoms with E-state index in [9.17, 15) is 0 Å². The van der Waals surface area contributed by atoms with E-state index in [-0.39, 0.29) is 11.2 Å². The predicted octanol–water partition coefficient (Wildman–Crippen LogP) is 1.49. The smallest absolute Gasteiger partial charge is 0.279 e. The molecule has 0 spiro atoms. The van der Waals surface area contributed by atoms with Crippen LogP contribution < -0.4 is 0 Å². The summed E-state index contributed by atoms with van der Waals surface area (Å²) in [7, 11) is 0. The molecule has 5 nitrogen and oxygen atoms in total. The second kappa shape index (κ2) is 3.10. The van der Waals surface area contributed by atoms with E-state index < -0.39 is 0 Å². The Balaban J connectivity index is 2.41. The molecule has 2 rings (SSSR count). The fourth-order valence-corrected chi connectivity index (χ4v) is 0.934. The first-order valence-corrected chi connectivity index (χ1v) is 3.93. The van der Waals surface area contributed by atoms with Crippen LogP contribution in [-0.2, 0) is 0 Å². The molecule has 0 saturated carbocycles. The van der Waals surface area contributed by atoms with Crippen LogP contribution in [0.3, 0.4) is 0 Å². The molecule has 0 bridgehead atoms. The first-order chi connectivity index (χ1) is 6.25. The predicted molar refractivity (Wildman–Crippen MR) is 45.1 cm³/mol. The Morgan fingerprint density at radius 2 is 2.15 bits per heavy atom. The lowest BCUT2D eigenvalue weighted by molar-refractivity contribution is 0.428. The van der Waals surface area contributed by atoms with E-state index in [1.165, 1.54) is 0 Å². The maximum Gasteiger partial charge on any atom is 0.279 e. The molecule has 0 aliphatic rings. The molecule has 0 atom stereocenters. The van der Waals surface area contributed by atoms with Crippen LogP contribution in [0.5, 0.6) is 0 Å². The van der Waals surface area contributed by atoms with Crippen molar-refractivity contribution in [3.05, 3.63) is 23.1 Å². The Morgan fingerprint density at radius 1 is 1.31 bits per heavy atom. The Bertz CT molecular complexity index is 411. The molecule has 0 fully saturated rings. The molecule has 2 heterocycles. The second-order valence-electron chi connectivity index (χ2n) is 2.43. The lowest BCUT2D eigenvalue weighted by Crippen LogP contribution is -1.89. The van der Waals surface area contributed by atoms with E-state index in [0.29, 0.717) is 5.69 Å². The highest BCUT2D eigenvalue weighted by atomic mass is 35.5. The molecule has 2 aromatic heterocycles. The van der Waals surface area contributed by atoms with Crippen LogP contribution in [-0.4, -0.2) is 20.3 Å². The topological polar surface area (TPSA) is 64.7 Å². The van der Waals surface area contributed by atoms with Gasteiger partial charge in [0.1, 0.15) is 0 Å². The molecular formula is C7H5ClN4O. The summed E-state index contributed by atoms with van der Waals surface area (Å²) in [5.41, 5.74) is 1.35. The van der Waals surface area contributed by atoms with Crippen molar-refractivity contribution in [1.29, 1.82) is 0 Å². The molecule has 0 N–H and O–H groups in total. The Kier molecular flexibility index (Phi) is 1.94. The van der Waals surface area contributed by atoms with Crippen LogP contribution in [0.4, 0.5) is 0 Å². The number of hydrogen-bond donors (Lipinski definition) is 0. The average Bonchev–Trinajstić information content (AvgIpc) is 2.53. The zero-order valence-corrected chi connectivity index (χ0v) is 7.49. The average molecular weight is 197 g/mol. The number of aromatic nitrogens is 4. The van der Waals surface area contributed by atoms with E-state index in [1.807, 2.05) is 6.92 Å². The van der Waals surface area contributed by atoms with Gasteiger partial charge in [0.15, 0.2) is 5.69 Å². The van der Waals surface area contributed by atoms with E-state index in [2.05, 4.69) is 20.3 Å². The zero-order chi connectivity index (χ0) is 9.26. The lowest BCUT2D eigenvalue weighted by Gasteiger charge is -1.91. The van der Waals surface area contributed by atoms with E-state index in [0.717, 1.165) is 5.69 Å². The highest BCUT2D eigenvalue weighted by Gasteiger charge is 2.08. The fourth-order valence-electron chi connectivity index (χ4n) is 0.823. The molecule has 6 heteroatoms. The maximum absolute atomic E-state index is 5.48. The Morgan fingerprint density at radius 3 is 2.69 bits per heavy atom. The number of rotatable bonds is 1. The molecule has 0 aliphatic heterocycles. The summed E-state index contributed by atoms with van der Waals surface area (Å²) in [6.07, 6.45) is 0. The van der Waals surface area contributed by atoms with Crippen molar-refractivity contribution in [2.75, 3.05) is 0 Å². The van der Waals surface area contributed by atoms with E-state index in [1.54, 1.807) is 12.1 Å². The normalized spacial score (nSPS) is 10.3. The summed E-state index contributed by atoms with van der Waals surface area (Å²) in [5.74, 6) is 0.275. The van der Waals surface area contributed by atoms with Gasteiger partial charge in [-0.3, -0.25) is 0 Å². The quantitative estimate of drug-likeness (QED) is 0.691. The van der Waals surface area contributed by atoms with Crippen LogP contribution in [0.25, 0.3) is 11.6 Å². The lowest BCUT2D eigenvalue weighted by atomic mass is 10.3. The standard InChI is InChI=1S/C7H5ClN4O/c1-4-2-3-5(11-10-4)6-9-7(8)12-13-6/h2-3H,1H3. The number of hydrogen-bond acceptors (Lipinski definition) is 5. The van der Waals surface area contributed by atoms with Gasteiger partial charge in [-0.2, -0.15) is 10.1 Å². The fraction of sp³-hybridized carbons (Fsp3) is 0.143. The minimum absolute atomic E-state index is 0.0670. The van der Waals surface area contributed by atoms with Crippen LogP contribution >= 0.6 is 11.6 Å². The van der Waals surface area contributed by atoms with Gasteiger partial charge in [-0.25, -0.2) is 0 Å². The van der Waals surface area contributed by atoms with Gasteiger partial charge in [0, 0.05) is 0 Å². The molecule has 0 saturated heterocycles. The van der Waals surface area contributed by atoms with Gasteiger partial charge in [0.25, 0.3) is 11.2 Å². The summed E-state index contributed by atoms with van der Waals surface area (Å²) in [6.45, 7) is 1.84. The van der Waals surface area contributed by atoms with Crippen molar-refractivity contribution in [3.63, 3.8) is 0 Å². The van der Waals surface area contributed by atoms with Crippen molar-refractivity contribution in [1.82, 2.24) is 20.3 Å². The molecule has 0 aromatic carbocycles. The number of halogens is 1. The third-order valence-corrected chi connectivity index (χ3v) is 1.57. The van der Waals surface area contributed by atoms with E-state index in [4.69, 9.17) is 16.1 Å². The minimum atomic E-state index is 0.0670. The van der Waals surface area contributed by atoms with Crippen molar-refractivity contribution in [3.8, 4) is 11.6 Å². The van der Waals surface area contributed by atoms with Crippen molar-refractivity contribution in [2.24, 2.45) is 0 Å². The third-order valence-electron chi connectivity index (χ3n) is 1.42. The van der Waals surface area contributed by atoms with Crippen LogP contribution in [0.1, 0.15) is 5.69 Å².